The molecule has 3 nitrogen and oxygen atoms in total. The first-order valence-electron chi connectivity index (χ1n) is 9.93. The molecule has 3 aromatic rings. The maximum Gasteiger partial charge on any atom is 0.132 e. The minimum Gasteiger partial charge on any atom is -0.494 e. The van der Waals surface area contributed by atoms with E-state index in [4.69, 9.17) is 14.2 Å². The zero-order valence-corrected chi connectivity index (χ0v) is 18.0. The van der Waals surface area contributed by atoms with E-state index in [2.05, 4.69) is 72.8 Å². The van der Waals surface area contributed by atoms with Crippen molar-refractivity contribution in [2.24, 2.45) is 0 Å². The van der Waals surface area contributed by atoms with Crippen LogP contribution in [0.1, 0.15) is 20.8 Å². The van der Waals surface area contributed by atoms with Crippen LogP contribution in [0.25, 0.3) is 0 Å². The zero-order chi connectivity index (χ0) is 19.8. The smallest absolute Gasteiger partial charge is 0.132 e. The first-order chi connectivity index (χ1) is 13.7. The van der Waals surface area contributed by atoms with E-state index in [0.717, 1.165) is 17.2 Å². The van der Waals surface area contributed by atoms with Crippen LogP contribution >= 0.6 is 0 Å². The Balaban J connectivity index is 1.97. The van der Waals surface area contributed by atoms with Gasteiger partial charge in [0.15, 0.2) is 0 Å². The zero-order valence-electron chi connectivity index (χ0n) is 16.9. The van der Waals surface area contributed by atoms with Gasteiger partial charge in [0, 0.05) is 0 Å². The Labute approximate surface area is 169 Å². The van der Waals surface area contributed by atoms with Crippen molar-refractivity contribution in [3.05, 3.63) is 72.8 Å². The minimum absolute atomic E-state index is 0.679. The van der Waals surface area contributed by atoms with Crippen molar-refractivity contribution in [3.8, 4) is 17.2 Å². The molecule has 0 heterocycles. The van der Waals surface area contributed by atoms with Crippen LogP contribution in [-0.2, 0) is 0 Å². The minimum atomic E-state index is -1.60. The normalized spacial score (nSPS) is 10.7. The molecule has 0 fully saturated rings. The summed E-state index contributed by atoms with van der Waals surface area (Å²) >= 11 is 0. The summed E-state index contributed by atoms with van der Waals surface area (Å²) in [4.78, 5) is 0. The molecule has 0 spiro atoms. The molecule has 28 heavy (non-hydrogen) atoms. The molecule has 146 valence electrons. The number of hydrogen-bond donors (Lipinski definition) is 0. The van der Waals surface area contributed by atoms with E-state index < -0.39 is 8.80 Å². The number of ether oxygens (including phenoxy) is 3. The third kappa shape index (κ3) is 4.96. The van der Waals surface area contributed by atoms with Gasteiger partial charge in [-0.15, -0.1) is 0 Å². The number of benzene rings is 3. The summed E-state index contributed by atoms with van der Waals surface area (Å²) in [5.74, 6) is 2.74. The quantitative estimate of drug-likeness (QED) is 0.414. The lowest BCUT2D eigenvalue weighted by Gasteiger charge is -2.19. The SMILES string of the molecule is CCOc1ccc([SiH](c2ccc(OCC)cc2)c2ccc(OCC)cc2)cc1. The van der Waals surface area contributed by atoms with Gasteiger partial charge in [-0.25, -0.2) is 0 Å². The van der Waals surface area contributed by atoms with Crippen LogP contribution < -0.4 is 29.8 Å². The summed E-state index contributed by atoms with van der Waals surface area (Å²) in [5.41, 5.74) is 0. The van der Waals surface area contributed by atoms with Gasteiger partial charge in [0.2, 0.25) is 0 Å². The van der Waals surface area contributed by atoms with E-state index in [1.54, 1.807) is 0 Å². The Bertz CT molecular complexity index is 725. The van der Waals surface area contributed by atoms with Crippen molar-refractivity contribution in [1.29, 1.82) is 0 Å². The van der Waals surface area contributed by atoms with E-state index in [-0.39, 0.29) is 0 Å². The molecule has 0 bridgehead atoms. The Morgan fingerprint density at radius 2 is 0.714 bits per heavy atom. The molecule has 0 aromatic heterocycles. The van der Waals surface area contributed by atoms with Crippen LogP contribution in [-0.4, -0.2) is 28.6 Å². The average Bonchev–Trinajstić information content (AvgIpc) is 2.73. The second-order valence-corrected chi connectivity index (χ2v) is 9.31. The Hall–Kier alpha value is -2.72. The Morgan fingerprint density at radius 3 is 0.929 bits per heavy atom. The first kappa shape index (κ1) is 20.0. The van der Waals surface area contributed by atoms with Gasteiger partial charge in [0.1, 0.15) is 26.0 Å². The molecule has 0 aliphatic carbocycles. The third-order valence-corrected chi connectivity index (χ3v) is 7.73. The van der Waals surface area contributed by atoms with E-state index in [9.17, 15) is 0 Å². The predicted octanol–water partition coefficient (Wildman–Crippen LogP) is 3.13. The second-order valence-electron chi connectivity index (χ2n) is 6.44. The first-order valence-corrected chi connectivity index (χ1v) is 11.7. The van der Waals surface area contributed by atoms with Gasteiger partial charge in [-0.2, -0.15) is 0 Å². The molecule has 0 amide bonds. The highest BCUT2D eigenvalue weighted by Crippen LogP contribution is 2.12. The standard InChI is InChI=1S/C24H28O3Si/c1-4-25-19-7-13-22(14-8-19)28(23-15-9-20(10-16-23)26-5-2)24-17-11-21(12-18-24)27-6-3/h7-18,28H,4-6H2,1-3H3. The molecule has 0 N–H and O–H groups in total. The molecular weight excluding hydrogens is 364 g/mol. The fourth-order valence-electron chi connectivity index (χ4n) is 3.35. The van der Waals surface area contributed by atoms with Gasteiger partial charge in [0.05, 0.1) is 19.8 Å². The maximum absolute atomic E-state index is 5.62. The van der Waals surface area contributed by atoms with Gasteiger partial charge < -0.3 is 14.2 Å². The van der Waals surface area contributed by atoms with Crippen molar-refractivity contribution >= 4 is 24.4 Å². The molecule has 0 aliphatic heterocycles. The summed E-state index contributed by atoms with van der Waals surface area (Å²) in [7, 11) is -1.60. The molecule has 0 saturated heterocycles. The van der Waals surface area contributed by atoms with Gasteiger partial charge in [-0.3, -0.25) is 0 Å². The molecule has 0 radical (unpaired) electrons. The predicted molar refractivity (Wildman–Crippen MR) is 119 cm³/mol. The van der Waals surface area contributed by atoms with E-state index >= 15 is 0 Å². The Morgan fingerprint density at radius 1 is 0.464 bits per heavy atom. The van der Waals surface area contributed by atoms with E-state index in [1.807, 2.05) is 20.8 Å². The molecule has 0 atom stereocenters. The molecule has 3 aromatic carbocycles. The van der Waals surface area contributed by atoms with Gasteiger partial charge in [-0.05, 0) is 57.2 Å². The van der Waals surface area contributed by atoms with Crippen molar-refractivity contribution in [3.63, 3.8) is 0 Å². The van der Waals surface area contributed by atoms with Gasteiger partial charge in [-0.1, -0.05) is 52.0 Å². The Kier molecular flexibility index (Phi) is 7.15. The third-order valence-electron chi connectivity index (χ3n) is 4.57. The van der Waals surface area contributed by atoms with Crippen LogP contribution in [0.5, 0.6) is 17.2 Å². The van der Waals surface area contributed by atoms with E-state index in [0.29, 0.717) is 19.8 Å². The molecule has 4 heteroatoms. The summed E-state index contributed by atoms with van der Waals surface area (Å²) in [6.07, 6.45) is 0. The van der Waals surface area contributed by atoms with Gasteiger partial charge >= 0.3 is 0 Å². The topological polar surface area (TPSA) is 27.7 Å². The van der Waals surface area contributed by atoms with Crippen molar-refractivity contribution in [2.45, 2.75) is 20.8 Å². The highest BCUT2D eigenvalue weighted by molar-refractivity contribution is 6.95. The molecule has 0 unspecified atom stereocenters. The lowest BCUT2D eigenvalue weighted by Crippen LogP contribution is -2.51. The molecule has 3 rings (SSSR count). The van der Waals surface area contributed by atoms with E-state index in [1.165, 1.54) is 15.6 Å². The highest BCUT2D eigenvalue weighted by atomic mass is 28.3. The summed E-state index contributed by atoms with van der Waals surface area (Å²) < 4.78 is 16.9. The van der Waals surface area contributed by atoms with Crippen LogP contribution in [0.15, 0.2) is 72.8 Å². The number of rotatable bonds is 9. The lowest BCUT2D eigenvalue weighted by molar-refractivity contribution is 0.340. The fourth-order valence-corrected chi connectivity index (χ4v) is 6.23. The fraction of sp³-hybridized carbons (Fsp3) is 0.250. The summed E-state index contributed by atoms with van der Waals surface area (Å²) in [5, 5.41) is 4.07. The van der Waals surface area contributed by atoms with Gasteiger partial charge in [0.25, 0.3) is 0 Å². The lowest BCUT2D eigenvalue weighted by atomic mass is 10.3. The second kappa shape index (κ2) is 9.99. The maximum atomic E-state index is 5.62. The highest BCUT2D eigenvalue weighted by Gasteiger charge is 2.19. The van der Waals surface area contributed by atoms with Crippen molar-refractivity contribution in [2.75, 3.05) is 19.8 Å². The summed E-state index contributed by atoms with van der Waals surface area (Å²) in [6, 6.07) is 25.6. The monoisotopic (exact) mass is 392 g/mol. The van der Waals surface area contributed by atoms with Crippen LogP contribution in [0, 0.1) is 0 Å². The summed E-state index contributed by atoms with van der Waals surface area (Å²) in [6.45, 7) is 8.05. The molecular formula is C24H28O3Si. The number of hydrogen-bond acceptors (Lipinski definition) is 3. The van der Waals surface area contributed by atoms with Crippen molar-refractivity contribution in [1.82, 2.24) is 0 Å². The van der Waals surface area contributed by atoms with Crippen LogP contribution in [0.3, 0.4) is 0 Å². The largest absolute Gasteiger partial charge is 0.494 e. The van der Waals surface area contributed by atoms with Crippen molar-refractivity contribution < 1.29 is 14.2 Å². The van der Waals surface area contributed by atoms with Crippen LogP contribution in [0.4, 0.5) is 0 Å². The molecule has 0 saturated carbocycles. The molecule has 0 aliphatic rings. The van der Waals surface area contributed by atoms with Crippen LogP contribution in [0.2, 0.25) is 0 Å². The average molecular weight is 393 g/mol.